The van der Waals surface area contributed by atoms with Gasteiger partial charge >= 0.3 is 8.03 Å². The van der Waals surface area contributed by atoms with Crippen molar-refractivity contribution in [2.45, 2.75) is 77.6 Å². The second kappa shape index (κ2) is 7.36. The molecule has 0 spiro atoms. The minimum atomic E-state index is -1.69. The van der Waals surface area contributed by atoms with E-state index in [1.807, 2.05) is 48.5 Å². The van der Waals surface area contributed by atoms with Crippen molar-refractivity contribution < 1.29 is 13.8 Å². The Hall–Kier alpha value is 0.310. The summed E-state index contributed by atoms with van der Waals surface area (Å²) >= 11 is 6.11. The molecule has 4 atom stereocenters. The van der Waals surface area contributed by atoms with Crippen LogP contribution in [-0.4, -0.2) is 28.8 Å². The zero-order valence-corrected chi connectivity index (χ0v) is 15.1. The molecule has 0 saturated heterocycles. The summed E-state index contributed by atoms with van der Waals surface area (Å²) in [7, 11) is -1.69. The first-order valence-electron chi connectivity index (χ1n) is 6.80. The van der Waals surface area contributed by atoms with Crippen LogP contribution < -0.4 is 0 Å². The zero-order chi connectivity index (χ0) is 15.4. The van der Waals surface area contributed by atoms with Crippen molar-refractivity contribution in [1.82, 2.24) is 0 Å². The summed E-state index contributed by atoms with van der Waals surface area (Å²) in [5, 5.41) is -0.297. The Morgan fingerprint density at radius 1 is 1.11 bits per heavy atom. The van der Waals surface area contributed by atoms with Gasteiger partial charge in [-0.25, -0.2) is 0 Å². The predicted octanol–water partition coefficient (Wildman–Crippen LogP) is 4.99. The summed E-state index contributed by atoms with van der Waals surface area (Å²) in [6, 6.07) is 0. The highest BCUT2D eigenvalue weighted by Crippen LogP contribution is 2.40. The molecule has 0 aromatic rings. The smallest absolute Gasteiger partial charge is 0.372 e. The van der Waals surface area contributed by atoms with E-state index in [1.165, 1.54) is 0 Å². The van der Waals surface area contributed by atoms with Crippen molar-refractivity contribution in [3.05, 3.63) is 0 Å². The quantitative estimate of drug-likeness (QED) is 0.491. The zero-order valence-electron chi connectivity index (χ0n) is 13.5. The maximum Gasteiger partial charge on any atom is 0.513 e. The first-order valence-corrected chi connectivity index (χ1v) is 8.41. The van der Waals surface area contributed by atoms with Crippen molar-refractivity contribution in [2.24, 2.45) is 5.92 Å². The molecule has 0 aliphatic heterocycles. The van der Waals surface area contributed by atoms with Crippen LogP contribution >= 0.6 is 19.6 Å². The van der Waals surface area contributed by atoms with Crippen LogP contribution in [0.1, 0.15) is 55.4 Å². The lowest BCUT2D eigenvalue weighted by atomic mass is 9.90. The van der Waals surface area contributed by atoms with E-state index in [0.717, 1.165) is 0 Å². The maximum absolute atomic E-state index is 11.9. The molecule has 0 saturated carbocycles. The summed E-state index contributed by atoms with van der Waals surface area (Å²) in [4.78, 5) is 0. The van der Waals surface area contributed by atoms with Crippen molar-refractivity contribution in [2.75, 3.05) is 6.61 Å². The standard InChI is InChI=1S/C14H29ClO3P/c1-10(18-19(16)13(4,5)6)9-17-14(7,8)11(2)12(3)15/h10-12H,9H2,1-8H3/q+1. The fraction of sp³-hybridized carbons (Fsp3) is 1.00. The van der Waals surface area contributed by atoms with Crippen LogP contribution in [0.5, 0.6) is 0 Å². The van der Waals surface area contributed by atoms with E-state index < -0.39 is 8.03 Å². The molecule has 0 amide bonds. The van der Waals surface area contributed by atoms with Crippen LogP contribution in [0.25, 0.3) is 0 Å². The summed E-state index contributed by atoms with van der Waals surface area (Å²) < 4.78 is 23.3. The van der Waals surface area contributed by atoms with Crippen LogP contribution in [0.2, 0.25) is 0 Å². The third kappa shape index (κ3) is 7.04. The molecule has 0 aromatic heterocycles. The van der Waals surface area contributed by atoms with E-state index >= 15 is 0 Å². The molecular formula is C14H29ClO3P+. The number of rotatable bonds is 7. The van der Waals surface area contributed by atoms with Gasteiger partial charge in [0.2, 0.25) is 0 Å². The van der Waals surface area contributed by atoms with Crippen LogP contribution in [0.15, 0.2) is 0 Å². The molecule has 0 rings (SSSR count). The molecule has 19 heavy (non-hydrogen) atoms. The summed E-state index contributed by atoms with van der Waals surface area (Å²) in [5.41, 5.74) is -0.327. The Balaban J connectivity index is 4.30. The van der Waals surface area contributed by atoms with Gasteiger partial charge in [-0.05, 0) is 53.0 Å². The van der Waals surface area contributed by atoms with Gasteiger partial charge in [-0.15, -0.1) is 16.1 Å². The van der Waals surface area contributed by atoms with E-state index in [-0.39, 0.29) is 28.2 Å². The van der Waals surface area contributed by atoms with Crippen molar-refractivity contribution in [3.8, 4) is 0 Å². The molecule has 3 nitrogen and oxygen atoms in total. The Kier molecular flexibility index (Phi) is 7.48. The molecule has 5 heteroatoms. The molecule has 4 unspecified atom stereocenters. The van der Waals surface area contributed by atoms with Gasteiger partial charge in [-0.2, -0.15) is 0 Å². The lowest BCUT2D eigenvalue weighted by Crippen LogP contribution is -2.39. The highest BCUT2D eigenvalue weighted by molar-refractivity contribution is 7.41. The Morgan fingerprint density at radius 2 is 1.58 bits per heavy atom. The molecule has 114 valence electrons. The molecule has 0 heterocycles. The highest BCUT2D eigenvalue weighted by atomic mass is 35.5. The number of alkyl halides is 1. The van der Waals surface area contributed by atoms with E-state index in [1.54, 1.807) is 0 Å². The molecule has 0 aliphatic rings. The fourth-order valence-electron chi connectivity index (χ4n) is 1.37. The van der Waals surface area contributed by atoms with Gasteiger partial charge in [-0.1, -0.05) is 6.92 Å². The lowest BCUT2D eigenvalue weighted by Gasteiger charge is -2.34. The predicted molar refractivity (Wildman–Crippen MR) is 82.4 cm³/mol. The maximum atomic E-state index is 11.9. The Morgan fingerprint density at radius 3 is 1.95 bits per heavy atom. The van der Waals surface area contributed by atoms with Gasteiger partial charge < -0.3 is 4.74 Å². The van der Waals surface area contributed by atoms with Gasteiger partial charge in [0.05, 0.1) is 12.2 Å². The fourth-order valence-corrected chi connectivity index (χ4v) is 2.38. The second-order valence-electron chi connectivity index (χ2n) is 6.72. The second-order valence-corrected chi connectivity index (χ2v) is 9.48. The molecule has 0 aliphatic carbocycles. The summed E-state index contributed by atoms with van der Waals surface area (Å²) in [6.45, 7) is 16.1. The van der Waals surface area contributed by atoms with Crippen LogP contribution in [0.4, 0.5) is 0 Å². The first-order chi connectivity index (χ1) is 8.38. The number of hydrogen-bond donors (Lipinski definition) is 0. The molecule has 0 aromatic carbocycles. The molecule has 0 bridgehead atoms. The Bertz CT molecular complexity index is 298. The SMILES string of the molecule is CC(COC(C)(C)C(C)C(C)Cl)O[P+](=O)C(C)(C)C. The molecule has 0 radical (unpaired) electrons. The third-order valence-electron chi connectivity index (χ3n) is 3.30. The molecule has 0 N–H and O–H groups in total. The monoisotopic (exact) mass is 311 g/mol. The molecule has 0 fully saturated rings. The lowest BCUT2D eigenvalue weighted by molar-refractivity contribution is -0.0784. The Labute approximate surface area is 124 Å². The van der Waals surface area contributed by atoms with Gasteiger partial charge in [0.25, 0.3) is 0 Å². The van der Waals surface area contributed by atoms with Crippen molar-refractivity contribution in [3.63, 3.8) is 0 Å². The van der Waals surface area contributed by atoms with Gasteiger partial charge in [-0.3, -0.25) is 0 Å². The van der Waals surface area contributed by atoms with Crippen LogP contribution in [-0.2, 0) is 13.8 Å². The number of halogens is 1. The third-order valence-corrected chi connectivity index (χ3v) is 5.32. The first kappa shape index (κ1) is 19.3. The highest BCUT2D eigenvalue weighted by Gasteiger charge is 2.39. The largest absolute Gasteiger partial charge is 0.513 e. The van der Waals surface area contributed by atoms with Crippen LogP contribution in [0.3, 0.4) is 0 Å². The summed E-state index contributed by atoms with van der Waals surface area (Å²) in [6.07, 6.45) is -0.194. The van der Waals surface area contributed by atoms with E-state index in [2.05, 4.69) is 6.92 Å². The van der Waals surface area contributed by atoms with Gasteiger partial charge in [0.15, 0.2) is 5.16 Å². The van der Waals surface area contributed by atoms with Crippen molar-refractivity contribution in [1.29, 1.82) is 0 Å². The minimum absolute atomic E-state index is 0.0393. The average Bonchev–Trinajstić information content (AvgIpc) is 2.24. The van der Waals surface area contributed by atoms with Crippen LogP contribution in [0, 0.1) is 5.92 Å². The van der Waals surface area contributed by atoms with E-state index in [4.69, 9.17) is 20.9 Å². The normalized spacial score (nSPS) is 18.9. The average molecular weight is 312 g/mol. The van der Waals surface area contributed by atoms with E-state index in [9.17, 15) is 4.57 Å². The van der Waals surface area contributed by atoms with Gasteiger partial charge in [0.1, 0.15) is 6.10 Å². The topological polar surface area (TPSA) is 35.5 Å². The molecular weight excluding hydrogens is 283 g/mol. The minimum Gasteiger partial charge on any atom is -0.372 e. The van der Waals surface area contributed by atoms with Gasteiger partial charge in [0, 0.05) is 11.3 Å². The van der Waals surface area contributed by atoms with E-state index in [0.29, 0.717) is 6.61 Å². The number of hydrogen-bond acceptors (Lipinski definition) is 3. The van der Waals surface area contributed by atoms with Crippen molar-refractivity contribution >= 4 is 19.6 Å². The summed E-state index contributed by atoms with van der Waals surface area (Å²) in [5.74, 6) is 0.220. The number of ether oxygens (including phenoxy) is 1.